The van der Waals surface area contributed by atoms with Crippen LogP contribution >= 0.6 is 0 Å². The number of ketones is 1. The van der Waals surface area contributed by atoms with E-state index in [1.807, 2.05) is 32.0 Å². The molecule has 7 heteroatoms. The average molecular weight is 469 g/mol. The van der Waals surface area contributed by atoms with E-state index >= 15 is 0 Å². The SMILES string of the molecule is COc1cccc(C2/C(=C(\O)c3cc(C)ccc3C)C(=O)C(=O)N2c2ccc(C#N)cc2)c1OC. The van der Waals surface area contributed by atoms with Crippen LogP contribution in [0.3, 0.4) is 0 Å². The maximum atomic E-state index is 13.4. The van der Waals surface area contributed by atoms with Crippen LogP contribution in [0.15, 0.2) is 66.2 Å². The van der Waals surface area contributed by atoms with Gasteiger partial charge in [-0.2, -0.15) is 5.26 Å². The van der Waals surface area contributed by atoms with Crippen molar-refractivity contribution in [3.8, 4) is 17.6 Å². The number of nitriles is 1. The molecule has 1 aliphatic rings. The molecule has 4 rings (SSSR count). The van der Waals surface area contributed by atoms with E-state index in [1.165, 1.54) is 19.1 Å². The number of rotatable bonds is 5. The molecule has 0 aliphatic carbocycles. The number of hydrogen-bond donors (Lipinski definition) is 1. The number of aliphatic hydroxyl groups excluding tert-OH is 1. The number of methoxy groups -OCH3 is 2. The van der Waals surface area contributed by atoms with Crippen LogP contribution in [0.2, 0.25) is 0 Å². The normalized spacial score (nSPS) is 16.8. The Morgan fingerprint density at radius 2 is 1.71 bits per heavy atom. The molecule has 1 atom stereocenters. The van der Waals surface area contributed by atoms with Gasteiger partial charge in [-0.3, -0.25) is 14.5 Å². The highest BCUT2D eigenvalue weighted by molar-refractivity contribution is 6.51. The molecule has 176 valence electrons. The highest BCUT2D eigenvalue weighted by atomic mass is 16.5. The number of Topliss-reactive ketones (excluding diaryl/α,β-unsaturated/α-hetero) is 1. The molecular formula is C28H24N2O5. The summed E-state index contributed by atoms with van der Waals surface area (Å²) in [6.07, 6.45) is 0. The first-order chi connectivity index (χ1) is 16.8. The maximum Gasteiger partial charge on any atom is 0.300 e. The van der Waals surface area contributed by atoms with E-state index in [2.05, 4.69) is 0 Å². The standard InChI is InChI=1S/C28H24N2O5/c1-16-8-9-17(2)21(14-16)25(31)23-24(20-6-5-7-22(34-3)27(20)35-4)30(28(33)26(23)32)19-12-10-18(15-29)11-13-19/h5-14,24,31H,1-4H3/b25-23+. The molecule has 3 aromatic carbocycles. The van der Waals surface area contributed by atoms with Gasteiger partial charge in [-0.1, -0.05) is 29.8 Å². The van der Waals surface area contributed by atoms with Crippen molar-refractivity contribution in [2.75, 3.05) is 19.1 Å². The van der Waals surface area contributed by atoms with Gasteiger partial charge in [0.2, 0.25) is 0 Å². The number of hydrogen-bond acceptors (Lipinski definition) is 6. The Bertz CT molecular complexity index is 1400. The Balaban J connectivity index is 2.04. The molecule has 1 unspecified atom stereocenters. The lowest BCUT2D eigenvalue weighted by molar-refractivity contribution is -0.132. The van der Waals surface area contributed by atoms with E-state index < -0.39 is 17.7 Å². The summed E-state index contributed by atoms with van der Waals surface area (Å²) in [5.41, 5.74) is 3.36. The van der Waals surface area contributed by atoms with Gasteiger partial charge in [-0.05, 0) is 55.8 Å². The summed E-state index contributed by atoms with van der Waals surface area (Å²) in [5.74, 6) is -1.12. The molecule has 7 nitrogen and oxygen atoms in total. The zero-order chi connectivity index (χ0) is 25.3. The van der Waals surface area contributed by atoms with E-state index in [0.29, 0.717) is 33.9 Å². The van der Waals surface area contributed by atoms with Crippen molar-refractivity contribution < 1.29 is 24.2 Å². The van der Waals surface area contributed by atoms with Gasteiger partial charge < -0.3 is 14.6 Å². The largest absolute Gasteiger partial charge is 0.507 e. The zero-order valence-corrected chi connectivity index (χ0v) is 19.8. The van der Waals surface area contributed by atoms with E-state index in [9.17, 15) is 20.0 Å². The van der Waals surface area contributed by atoms with Crippen molar-refractivity contribution in [1.29, 1.82) is 5.26 Å². The Kier molecular flexibility index (Phi) is 6.30. The fourth-order valence-electron chi connectivity index (χ4n) is 4.35. The number of ether oxygens (including phenoxy) is 2. The first-order valence-corrected chi connectivity index (χ1v) is 10.9. The molecule has 0 spiro atoms. The molecule has 1 amide bonds. The van der Waals surface area contributed by atoms with Gasteiger partial charge in [-0.15, -0.1) is 0 Å². The number of carbonyl (C=O) groups is 2. The van der Waals surface area contributed by atoms with Gasteiger partial charge in [0.15, 0.2) is 11.5 Å². The second kappa shape index (κ2) is 9.35. The number of para-hydroxylation sites is 1. The van der Waals surface area contributed by atoms with Crippen molar-refractivity contribution in [3.63, 3.8) is 0 Å². The number of aliphatic hydroxyl groups is 1. The molecule has 1 aliphatic heterocycles. The number of carbonyl (C=O) groups excluding carboxylic acids is 2. The van der Waals surface area contributed by atoms with Crippen LogP contribution in [-0.4, -0.2) is 31.0 Å². The van der Waals surface area contributed by atoms with Crippen molar-refractivity contribution in [2.45, 2.75) is 19.9 Å². The van der Waals surface area contributed by atoms with Crippen molar-refractivity contribution in [1.82, 2.24) is 0 Å². The fourth-order valence-corrected chi connectivity index (χ4v) is 4.35. The van der Waals surface area contributed by atoms with Crippen LogP contribution in [0.25, 0.3) is 5.76 Å². The first kappa shape index (κ1) is 23.6. The third kappa shape index (κ3) is 4.00. The number of aryl methyl sites for hydroxylation is 2. The quantitative estimate of drug-likeness (QED) is 0.327. The Labute approximate surface area is 203 Å². The van der Waals surface area contributed by atoms with Gasteiger partial charge in [-0.25, -0.2) is 0 Å². The summed E-state index contributed by atoms with van der Waals surface area (Å²) in [5, 5.41) is 20.6. The van der Waals surface area contributed by atoms with E-state index in [4.69, 9.17) is 9.47 Å². The molecule has 0 bridgehead atoms. The highest BCUT2D eigenvalue weighted by Crippen LogP contribution is 2.47. The molecule has 1 saturated heterocycles. The molecule has 0 aromatic heterocycles. The monoisotopic (exact) mass is 468 g/mol. The number of benzene rings is 3. The van der Waals surface area contributed by atoms with Crippen molar-refractivity contribution in [2.24, 2.45) is 0 Å². The van der Waals surface area contributed by atoms with Crippen LogP contribution in [-0.2, 0) is 9.59 Å². The molecule has 3 aromatic rings. The Morgan fingerprint density at radius 1 is 1.00 bits per heavy atom. The Morgan fingerprint density at radius 3 is 2.34 bits per heavy atom. The van der Waals surface area contributed by atoms with Crippen LogP contribution in [0, 0.1) is 25.2 Å². The molecule has 1 fully saturated rings. The smallest absolute Gasteiger partial charge is 0.300 e. The fraction of sp³-hybridized carbons (Fsp3) is 0.179. The molecule has 1 heterocycles. The maximum absolute atomic E-state index is 13.4. The molecule has 1 N–H and O–H groups in total. The molecule has 0 radical (unpaired) electrons. The zero-order valence-electron chi connectivity index (χ0n) is 19.8. The van der Waals surface area contributed by atoms with Crippen molar-refractivity contribution in [3.05, 3.63) is 94.1 Å². The summed E-state index contributed by atoms with van der Waals surface area (Å²) in [4.78, 5) is 28.1. The lowest BCUT2D eigenvalue weighted by Crippen LogP contribution is -2.29. The average Bonchev–Trinajstić information content (AvgIpc) is 3.14. The van der Waals surface area contributed by atoms with Gasteiger partial charge in [0.1, 0.15) is 5.76 Å². The van der Waals surface area contributed by atoms with E-state index in [0.717, 1.165) is 11.1 Å². The van der Waals surface area contributed by atoms with Crippen LogP contribution in [0.5, 0.6) is 11.5 Å². The topological polar surface area (TPSA) is 99.9 Å². The van der Waals surface area contributed by atoms with Gasteiger partial charge in [0.25, 0.3) is 11.7 Å². The predicted molar refractivity (Wildman–Crippen MR) is 131 cm³/mol. The third-order valence-corrected chi connectivity index (χ3v) is 6.10. The van der Waals surface area contributed by atoms with Crippen LogP contribution in [0.4, 0.5) is 5.69 Å². The Hall–Kier alpha value is -4.57. The summed E-state index contributed by atoms with van der Waals surface area (Å²) in [6.45, 7) is 3.71. The number of anilines is 1. The minimum absolute atomic E-state index is 0.0559. The van der Waals surface area contributed by atoms with Gasteiger partial charge in [0, 0.05) is 16.8 Å². The summed E-state index contributed by atoms with van der Waals surface area (Å²) < 4.78 is 11.1. The minimum atomic E-state index is -0.993. The first-order valence-electron chi connectivity index (χ1n) is 10.9. The lowest BCUT2D eigenvalue weighted by atomic mass is 9.92. The molecule has 35 heavy (non-hydrogen) atoms. The summed E-state index contributed by atoms with van der Waals surface area (Å²) in [6, 6.07) is 18.1. The second-order valence-corrected chi connectivity index (χ2v) is 8.23. The van der Waals surface area contributed by atoms with Gasteiger partial charge in [0.05, 0.1) is 37.5 Å². The second-order valence-electron chi connectivity index (χ2n) is 8.23. The minimum Gasteiger partial charge on any atom is -0.507 e. The molecular weight excluding hydrogens is 444 g/mol. The van der Waals surface area contributed by atoms with E-state index in [-0.39, 0.29) is 11.3 Å². The summed E-state index contributed by atoms with van der Waals surface area (Å²) >= 11 is 0. The number of nitrogens with zero attached hydrogens (tertiary/aromatic N) is 2. The molecule has 0 saturated carbocycles. The third-order valence-electron chi connectivity index (χ3n) is 6.10. The lowest BCUT2D eigenvalue weighted by Gasteiger charge is -2.27. The predicted octanol–water partition coefficient (Wildman–Crippen LogP) is 4.82. The van der Waals surface area contributed by atoms with E-state index in [1.54, 1.807) is 48.5 Å². The van der Waals surface area contributed by atoms with Crippen LogP contribution in [0.1, 0.15) is 33.9 Å². The number of amides is 1. The van der Waals surface area contributed by atoms with Crippen molar-refractivity contribution >= 4 is 23.1 Å². The summed E-state index contributed by atoms with van der Waals surface area (Å²) in [7, 11) is 2.97. The van der Waals surface area contributed by atoms with Gasteiger partial charge >= 0.3 is 0 Å². The highest BCUT2D eigenvalue weighted by Gasteiger charge is 2.48. The van der Waals surface area contributed by atoms with Crippen LogP contribution < -0.4 is 14.4 Å².